The maximum Gasteiger partial charge on any atom is 0.267 e. The standard InChI is InChI=1S/C28H33N5O5S/c1-31-14-16-32(17-15-31)26-20-24(10-12-29-26)23-5-4-6-25(19-23)39(35,36)33-13-11-22(21-33)8-9-27(34)30-38-28-7-2-3-18-37-28/h4-6,8-13,19-21,28H,2-3,7,14-18H2,1H3,(H,30,34)/b9-8+. The Hall–Kier alpha value is -3.51. The Bertz CT molecular complexity index is 1420. The minimum absolute atomic E-state index is 0.169. The fourth-order valence-electron chi connectivity index (χ4n) is 4.54. The number of likely N-dealkylation sites (N-methyl/N-ethyl adjacent to an activating group) is 1. The summed E-state index contributed by atoms with van der Waals surface area (Å²) >= 11 is 0. The molecule has 4 heterocycles. The Balaban J connectivity index is 1.26. The van der Waals surface area contributed by atoms with Crippen molar-refractivity contribution in [2.45, 2.75) is 30.4 Å². The van der Waals surface area contributed by atoms with Gasteiger partial charge in [-0.3, -0.25) is 4.79 Å². The van der Waals surface area contributed by atoms with Gasteiger partial charge in [-0.25, -0.2) is 27.7 Å². The van der Waals surface area contributed by atoms with E-state index in [2.05, 4.69) is 27.3 Å². The van der Waals surface area contributed by atoms with Crippen LogP contribution in [-0.4, -0.2) is 74.3 Å². The molecule has 0 aliphatic carbocycles. The van der Waals surface area contributed by atoms with Crippen LogP contribution in [0.15, 0.2) is 72.0 Å². The van der Waals surface area contributed by atoms with E-state index in [0.29, 0.717) is 12.2 Å². The normalized spacial score (nSPS) is 18.9. The first-order valence-corrected chi connectivity index (χ1v) is 14.5. The summed E-state index contributed by atoms with van der Waals surface area (Å²) in [6, 6.07) is 12.4. The second kappa shape index (κ2) is 12.1. The van der Waals surface area contributed by atoms with Gasteiger partial charge in [-0.05, 0) is 73.0 Å². The highest BCUT2D eigenvalue weighted by Crippen LogP contribution is 2.27. The zero-order chi connectivity index (χ0) is 27.2. The molecule has 1 aromatic carbocycles. The number of nitrogens with zero attached hydrogens (tertiary/aromatic N) is 4. The Morgan fingerprint density at radius 3 is 2.72 bits per heavy atom. The van der Waals surface area contributed by atoms with Gasteiger partial charge in [0.25, 0.3) is 15.9 Å². The molecule has 1 amide bonds. The van der Waals surface area contributed by atoms with Crippen LogP contribution in [0.3, 0.4) is 0 Å². The lowest BCUT2D eigenvalue weighted by atomic mass is 10.1. The lowest BCUT2D eigenvalue weighted by Gasteiger charge is -2.33. The predicted octanol–water partition coefficient (Wildman–Crippen LogP) is 3.13. The van der Waals surface area contributed by atoms with Crippen molar-refractivity contribution < 1.29 is 22.8 Å². The van der Waals surface area contributed by atoms with E-state index in [1.165, 1.54) is 24.5 Å². The van der Waals surface area contributed by atoms with Crippen molar-refractivity contribution in [3.8, 4) is 11.1 Å². The maximum absolute atomic E-state index is 13.4. The van der Waals surface area contributed by atoms with Gasteiger partial charge in [-0.2, -0.15) is 0 Å². The van der Waals surface area contributed by atoms with Gasteiger partial charge in [0, 0.05) is 63.9 Å². The molecule has 2 aromatic heterocycles. The van der Waals surface area contributed by atoms with Gasteiger partial charge < -0.3 is 14.5 Å². The van der Waals surface area contributed by atoms with Crippen LogP contribution in [0.4, 0.5) is 5.82 Å². The van der Waals surface area contributed by atoms with Crippen LogP contribution in [0.25, 0.3) is 17.2 Å². The molecular formula is C28H33N5O5S. The maximum atomic E-state index is 13.4. The Kier molecular flexibility index (Phi) is 8.41. The smallest absolute Gasteiger partial charge is 0.267 e. The van der Waals surface area contributed by atoms with Crippen LogP contribution in [0.5, 0.6) is 0 Å². The van der Waals surface area contributed by atoms with Gasteiger partial charge in [-0.15, -0.1) is 0 Å². The number of nitrogens with one attached hydrogen (secondary N) is 1. The molecule has 0 saturated carbocycles. The summed E-state index contributed by atoms with van der Waals surface area (Å²) in [6.07, 6.45) is 9.77. The van der Waals surface area contributed by atoms with Gasteiger partial charge >= 0.3 is 0 Å². The number of ether oxygens (including phenoxy) is 1. The van der Waals surface area contributed by atoms with E-state index in [9.17, 15) is 13.2 Å². The van der Waals surface area contributed by atoms with E-state index in [4.69, 9.17) is 9.57 Å². The molecule has 0 bridgehead atoms. The summed E-state index contributed by atoms with van der Waals surface area (Å²) in [5.41, 5.74) is 4.60. The minimum atomic E-state index is -3.84. The number of aromatic nitrogens is 2. The number of hydrogen-bond donors (Lipinski definition) is 1. The van der Waals surface area contributed by atoms with Crippen molar-refractivity contribution in [2.75, 3.05) is 44.7 Å². The molecule has 2 fully saturated rings. The molecule has 11 heteroatoms. The number of amides is 1. The van der Waals surface area contributed by atoms with Crippen LogP contribution >= 0.6 is 0 Å². The Morgan fingerprint density at radius 1 is 1.10 bits per heavy atom. The van der Waals surface area contributed by atoms with E-state index in [1.807, 2.05) is 18.2 Å². The van der Waals surface area contributed by atoms with Gasteiger partial charge in [-0.1, -0.05) is 12.1 Å². The number of rotatable bonds is 8. The van der Waals surface area contributed by atoms with Crippen LogP contribution in [0.1, 0.15) is 24.8 Å². The summed E-state index contributed by atoms with van der Waals surface area (Å²) in [7, 11) is -1.73. The number of hydroxylamine groups is 1. The summed E-state index contributed by atoms with van der Waals surface area (Å²) in [4.78, 5) is 26.6. The average Bonchev–Trinajstić information content (AvgIpc) is 3.46. The molecule has 1 N–H and O–H groups in total. The van der Waals surface area contributed by atoms with E-state index < -0.39 is 22.2 Å². The van der Waals surface area contributed by atoms with Crippen molar-refractivity contribution in [1.82, 2.24) is 19.3 Å². The second-order valence-corrected chi connectivity index (χ2v) is 11.6. The SMILES string of the molecule is CN1CCN(c2cc(-c3cccc(S(=O)(=O)n4ccc(/C=C/C(=O)NOC5CCCCO5)c4)c3)ccn2)CC1. The highest BCUT2D eigenvalue weighted by Gasteiger charge is 2.19. The molecular weight excluding hydrogens is 518 g/mol. The monoisotopic (exact) mass is 551 g/mol. The van der Waals surface area contributed by atoms with Crippen LogP contribution in [0, 0.1) is 0 Å². The first-order chi connectivity index (χ1) is 18.9. The first kappa shape index (κ1) is 27.1. The molecule has 3 aromatic rings. The van der Waals surface area contributed by atoms with Gasteiger partial charge in [0.15, 0.2) is 6.29 Å². The fourth-order valence-corrected chi connectivity index (χ4v) is 5.79. The van der Waals surface area contributed by atoms with E-state index in [-0.39, 0.29) is 4.90 Å². The Labute approximate surface area is 228 Å². The lowest BCUT2D eigenvalue weighted by Crippen LogP contribution is -2.44. The topological polar surface area (TPSA) is 106 Å². The summed E-state index contributed by atoms with van der Waals surface area (Å²) in [5, 5.41) is 0. The van der Waals surface area contributed by atoms with Gasteiger partial charge in [0.05, 0.1) is 4.90 Å². The van der Waals surface area contributed by atoms with Crippen molar-refractivity contribution in [1.29, 1.82) is 0 Å². The van der Waals surface area contributed by atoms with Crippen molar-refractivity contribution in [3.05, 3.63) is 72.7 Å². The number of piperazine rings is 1. The molecule has 5 rings (SSSR count). The lowest BCUT2D eigenvalue weighted by molar-refractivity contribution is -0.198. The molecule has 0 radical (unpaired) electrons. The molecule has 206 valence electrons. The van der Waals surface area contributed by atoms with Crippen LogP contribution in [-0.2, 0) is 24.4 Å². The summed E-state index contributed by atoms with van der Waals surface area (Å²) in [5.74, 6) is 0.428. The number of carbonyl (C=O) groups excluding carboxylic acids is 1. The van der Waals surface area contributed by atoms with E-state index in [1.54, 1.807) is 30.5 Å². The predicted molar refractivity (Wildman–Crippen MR) is 148 cm³/mol. The third-order valence-electron chi connectivity index (χ3n) is 6.86. The van der Waals surface area contributed by atoms with Crippen molar-refractivity contribution >= 4 is 27.8 Å². The second-order valence-electron chi connectivity index (χ2n) is 9.71. The Morgan fingerprint density at radius 2 is 1.92 bits per heavy atom. The largest absolute Gasteiger partial charge is 0.354 e. The van der Waals surface area contributed by atoms with Crippen LogP contribution in [0.2, 0.25) is 0 Å². The molecule has 2 aliphatic heterocycles. The molecule has 1 unspecified atom stereocenters. The molecule has 39 heavy (non-hydrogen) atoms. The fraction of sp³-hybridized carbons (Fsp3) is 0.357. The highest BCUT2D eigenvalue weighted by atomic mass is 32.2. The molecule has 0 spiro atoms. The van der Waals surface area contributed by atoms with Crippen molar-refractivity contribution in [2.24, 2.45) is 0 Å². The number of carbonyl (C=O) groups is 1. The molecule has 1 atom stereocenters. The highest BCUT2D eigenvalue weighted by molar-refractivity contribution is 7.90. The minimum Gasteiger partial charge on any atom is -0.354 e. The van der Waals surface area contributed by atoms with Crippen molar-refractivity contribution in [3.63, 3.8) is 0 Å². The zero-order valence-electron chi connectivity index (χ0n) is 21.9. The number of anilines is 1. The summed E-state index contributed by atoms with van der Waals surface area (Å²) < 4.78 is 33.3. The zero-order valence-corrected chi connectivity index (χ0v) is 22.7. The third kappa shape index (κ3) is 6.74. The van der Waals surface area contributed by atoms with E-state index in [0.717, 1.165) is 66.4 Å². The quantitative estimate of drug-likeness (QED) is 0.336. The summed E-state index contributed by atoms with van der Waals surface area (Å²) in [6.45, 7) is 4.36. The molecule has 10 nitrogen and oxygen atoms in total. The van der Waals surface area contributed by atoms with Gasteiger partial charge in [0.1, 0.15) is 5.82 Å². The number of benzene rings is 1. The van der Waals surface area contributed by atoms with Crippen LogP contribution < -0.4 is 10.4 Å². The third-order valence-corrected chi connectivity index (χ3v) is 8.49. The van der Waals surface area contributed by atoms with Gasteiger partial charge in [0.2, 0.25) is 0 Å². The number of hydrogen-bond acceptors (Lipinski definition) is 8. The molecule has 2 saturated heterocycles. The average molecular weight is 552 g/mol. The molecule has 2 aliphatic rings. The first-order valence-electron chi connectivity index (χ1n) is 13.1. The number of pyridine rings is 1. The van der Waals surface area contributed by atoms with E-state index >= 15 is 0 Å².